The molecule has 2 aromatic heterocycles. The molecule has 0 aliphatic heterocycles. The lowest BCUT2D eigenvalue weighted by atomic mass is 9.91. The van der Waals surface area contributed by atoms with Gasteiger partial charge in [0, 0.05) is 18.3 Å². The Morgan fingerprint density at radius 3 is 2.63 bits per heavy atom. The van der Waals surface area contributed by atoms with Crippen LogP contribution in [0.15, 0.2) is 29.0 Å². The summed E-state index contributed by atoms with van der Waals surface area (Å²) in [5.41, 5.74) is 8.89. The van der Waals surface area contributed by atoms with Crippen LogP contribution in [-0.2, 0) is 0 Å². The molecule has 2 aromatic rings. The Hall–Kier alpha value is -1.84. The average Bonchev–Trinajstić information content (AvgIpc) is 2.83. The van der Waals surface area contributed by atoms with Gasteiger partial charge in [0.2, 0.25) is 5.88 Å². The fraction of sp³-hybridized carbons (Fsp3) is 0.467. The fourth-order valence-corrected chi connectivity index (χ4v) is 2.39. The van der Waals surface area contributed by atoms with Gasteiger partial charge in [-0.15, -0.1) is 0 Å². The van der Waals surface area contributed by atoms with E-state index >= 15 is 0 Å². The highest BCUT2D eigenvalue weighted by Crippen LogP contribution is 2.36. The number of pyridine rings is 1. The van der Waals surface area contributed by atoms with Crippen LogP contribution in [-0.4, -0.2) is 10.1 Å². The van der Waals surface area contributed by atoms with Crippen molar-refractivity contribution in [2.24, 2.45) is 0 Å². The van der Waals surface area contributed by atoms with Crippen LogP contribution in [0.25, 0.3) is 11.1 Å². The van der Waals surface area contributed by atoms with Crippen LogP contribution in [0.2, 0.25) is 0 Å². The molecule has 0 fully saturated rings. The molecule has 0 amide bonds. The molecule has 0 aliphatic rings. The number of nitrogen functional groups attached to an aromatic ring is 1. The zero-order valence-electron chi connectivity index (χ0n) is 11.6. The second-order valence-electron chi connectivity index (χ2n) is 4.79. The van der Waals surface area contributed by atoms with E-state index in [9.17, 15) is 0 Å². The SMILES string of the molecule is CCCCC(CC)c1noc(N)c1-c1ccncc1. The molecule has 0 saturated heterocycles. The summed E-state index contributed by atoms with van der Waals surface area (Å²) < 4.78 is 5.22. The number of hydrogen-bond acceptors (Lipinski definition) is 4. The van der Waals surface area contributed by atoms with Gasteiger partial charge in [0.05, 0.1) is 11.3 Å². The van der Waals surface area contributed by atoms with Crippen LogP contribution < -0.4 is 5.73 Å². The van der Waals surface area contributed by atoms with E-state index in [-0.39, 0.29) is 0 Å². The van der Waals surface area contributed by atoms with E-state index in [0.29, 0.717) is 11.8 Å². The smallest absolute Gasteiger partial charge is 0.230 e. The van der Waals surface area contributed by atoms with Gasteiger partial charge in [-0.2, -0.15) is 0 Å². The maximum Gasteiger partial charge on any atom is 0.230 e. The van der Waals surface area contributed by atoms with Crippen LogP contribution in [0.5, 0.6) is 0 Å². The van der Waals surface area contributed by atoms with Gasteiger partial charge in [-0.3, -0.25) is 4.98 Å². The normalized spacial score (nSPS) is 12.5. The summed E-state index contributed by atoms with van der Waals surface area (Å²) in [4.78, 5) is 4.04. The molecule has 0 radical (unpaired) electrons. The van der Waals surface area contributed by atoms with Crippen molar-refractivity contribution in [3.05, 3.63) is 30.2 Å². The third kappa shape index (κ3) is 2.95. The van der Waals surface area contributed by atoms with E-state index < -0.39 is 0 Å². The topological polar surface area (TPSA) is 64.9 Å². The lowest BCUT2D eigenvalue weighted by Crippen LogP contribution is -2.00. The Morgan fingerprint density at radius 1 is 1.26 bits per heavy atom. The van der Waals surface area contributed by atoms with E-state index in [1.807, 2.05) is 12.1 Å². The number of aromatic nitrogens is 2. The predicted molar refractivity (Wildman–Crippen MR) is 76.7 cm³/mol. The molecule has 102 valence electrons. The molecule has 1 unspecified atom stereocenters. The van der Waals surface area contributed by atoms with Crippen molar-refractivity contribution in [1.82, 2.24) is 10.1 Å². The highest BCUT2D eigenvalue weighted by atomic mass is 16.5. The van der Waals surface area contributed by atoms with Gasteiger partial charge in [0.1, 0.15) is 0 Å². The average molecular weight is 259 g/mol. The summed E-state index contributed by atoms with van der Waals surface area (Å²) >= 11 is 0. The van der Waals surface area contributed by atoms with Crippen molar-refractivity contribution < 1.29 is 4.52 Å². The molecular weight excluding hydrogens is 238 g/mol. The van der Waals surface area contributed by atoms with Gasteiger partial charge >= 0.3 is 0 Å². The lowest BCUT2D eigenvalue weighted by molar-refractivity contribution is 0.412. The van der Waals surface area contributed by atoms with Crippen LogP contribution in [0.3, 0.4) is 0 Å². The Bertz CT molecular complexity index is 507. The quantitative estimate of drug-likeness (QED) is 0.851. The van der Waals surface area contributed by atoms with E-state index in [1.165, 1.54) is 12.8 Å². The summed E-state index contributed by atoms with van der Waals surface area (Å²) in [6, 6.07) is 3.89. The number of unbranched alkanes of at least 4 members (excludes halogenated alkanes) is 1. The fourth-order valence-electron chi connectivity index (χ4n) is 2.39. The first kappa shape index (κ1) is 13.6. The molecule has 1 atom stereocenters. The summed E-state index contributed by atoms with van der Waals surface area (Å²) in [6.45, 7) is 4.38. The molecule has 0 aliphatic carbocycles. The van der Waals surface area contributed by atoms with Crippen molar-refractivity contribution in [1.29, 1.82) is 0 Å². The minimum atomic E-state index is 0.399. The highest BCUT2D eigenvalue weighted by molar-refractivity contribution is 5.75. The molecule has 0 saturated carbocycles. The summed E-state index contributed by atoms with van der Waals surface area (Å²) in [5.74, 6) is 0.806. The maximum atomic E-state index is 5.94. The largest absolute Gasteiger partial charge is 0.367 e. The van der Waals surface area contributed by atoms with E-state index in [0.717, 1.165) is 29.7 Å². The third-order valence-electron chi connectivity index (χ3n) is 3.50. The van der Waals surface area contributed by atoms with Crippen LogP contribution >= 0.6 is 0 Å². The number of anilines is 1. The van der Waals surface area contributed by atoms with Gasteiger partial charge in [-0.05, 0) is 30.5 Å². The van der Waals surface area contributed by atoms with Crippen molar-refractivity contribution in [3.63, 3.8) is 0 Å². The number of hydrogen-bond donors (Lipinski definition) is 1. The first-order valence-electron chi connectivity index (χ1n) is 6.93. The molecule has 4 heteroatoms. The zero-order valence-corrected chi connectivity index (χ0v) is 11.6. The first-order chi connectivity index (χ1) is 9.27. The van der Waals surface area contributed by atoms with Gasteiger partial charge in [0.15, 0.2) is 0 Å². The van der Waals surface area contributed by atoms with Crippen LogP contribution in [0.4, 0.5) is 5.88 Å². The van der Waals surface area contributed by atoms with Gasteiger partial charge < -0.3 is 10.3 Å². The number of nitrogens with two attached hydrogens (primary N) is 1. The van der Waals surface area contributed by atoms with Crippen molar-refractivity contribution in [2.45, 2.75) is 45.4 Å². The second-order valence-corrected chi connectivity index (χ2v) is 4.79. The highest BCUT2D eigenvalue weighted by Gasteiger charge is 2.22. The Kier molecular flexibility index (Phi) is 4.55. The summed E-state index contributed by atoms with van der Waals surface area (Å²) in [6.07, 6.45) is 8.08. The van der Waals surface area contributed by atoms with Crippen molar-refractivity contribution in [3.8, 4) is 11.1 Å². The Labute approximate surface area is 114 Å². The maximum absolute atomic E-state index is 5.94. The molecule has 2 N–H and O–H groups in total. The van der Waals surface area contributed by atoms with E-state index in [2.05, 4.69) is 24.0 Å². The molecule has 2 heterocycles. The standard InChI is InChI=1S/C15H21N3O/c1-3-5-6-11(4-2)14-13(15(16)19-18-14)12-7-9-17-10-8-12/h7-11H,3-6,16H2,1-2H3. The molecule has 0 spiro atoms. The minimum Gasteiger partial charge on any atom is -0.367 e. The molecule has 2 rings (SSSR count). The summed E-state index contributed by atoms with van der Waals surface area (Å²) in [5, 5.41) is 4.20. The van der Waals surface area contributed by atoms with Crippen LogP contribution in [0.1, 0.15) is 51.1 Å². The van der Waals surface area contributed by atoms with Gasteiger partial charge in [0.25, 0.3) is 0 Å². The van der Waals surface area contributed by atoms with Crippen LogP contribution in [0, 0.1) is 0 Å². The molecule has 0 aromatic carbocycles. The van der Waals surface area contributed by atoms with E-state index in [1.54, 1.807) is 12.4 Å². The van der Waals surface area contributed by atoms with E-state index in [4.69, 9.17) is 10.3 Å². The summed E-state index contributed by atoms with van der Waals surface area (Å²) in [7, 11) is 0. The van der Waals surface area contributed by atoms with Crippen molar-refractivity contribution in [2.75, 3.05) is 5.73 Å². The molecule has 19 heavy (non-hydrogen) atoms. The molecular formula is C15H21N3O. The third-order valence-corrected chi connectivity index (χ3v) is 3.50. The second kappa shape index (κ2) is 6.36. The molecule has 0 bridgehead atoms. The first-order valence-corrected chi connectivity index (χ1v) is 6.93. The number of rotatable bonds is 6. The predicted octanol–water partition coefficient (Wildman–Crippen LogP) is 4.00. The zero-order chi connectivity index (χ0) is 13.7. The van der Waals surface area contributed by atoms with Gasteiger partial charge in [-0.25, -0.2) is 0 Å². The lowest BCUT2D eigenvalue weighted by Gasteiger charge is -2.13. The monoisotopic (exact) mass is 259 g/mol. The van der Waals surface area contributed by atoms with Gasteiger partial charge in [-0.1, -0.05) is 31.8 Å². The number of nitrogens with zero attached hydrogens (tertiary/aromatic N) is 2. The van der Waals surface area contributed by atoms with Crippen molar-refractivity contribution >= 4 is 5.88 Å². The Morgan fingerprint density at radius 2 is 2.00 bits per heavy atom. The minimum absolute atomic E-state index is 0.399. The Balaban J connectivity index is 2.36. The molecule has 4 nitrogen and oxygen atoms in total.